The summed E-state index contributed by atoms with van der Waals surface area (Å²) in [6, 6.07) is 6.71. The summed E-state index contributed by atoms with van der Waals surface area (Å²) in [5.74, 6) is 0.149. The molecule has 0 saturated carbocycles. The van der Waals surface area contributed by atoms with Crippen molar-refractivity contribution in [2.75, 3.05) is 19.0 Å². The molecule has 0 aliphatic carbocycles. The number of nitrogens with one attached hydrogen (secondary N) is 3. The Kier molecular flexibility index (Phi) is 4.98. The molecule has 1 saturated heterocycles. The first-order chi connectivity index (χ1) is 11.5. The van der Waals surface area contributed by atoms with E-state index in [0.717, 1.165) is 16.4 Å². The first-order valence-electron chi connectivity index (χ1n) is 7.73. The first kappa shape index (κ1) is 16.7. The van der Waals surface area contributed by atoms with E-state index in [-0.39, 0.29) is 23.7 Å². The number of thiazole rings is 1. The second-order valence-electron chi connectivity index (χ2n) is 5.92. The molecular weight excluding hydrogens is 326 g/mol. The molecule has 2 unspecified atom stereocenters. The lowest BCUT2D eigenvalue weighted by atomic mass is 10.0. The molecular formula is C16H21N5O2S. The Morgan fingerprint density at radius 1 is 1.42 bits per heavy atom. The van der Waals surface area contributed by atoms with Crippen LogP contribution in [0.3, 0.4) is 0 Å². The lowest BCUT2D eigenvalue weighted by Crippen LogP contribution is -2.42. The quantitative estimate of drug-likeness (QED) is 0.649. The summed E-state index contributed by atoms with van der Waals surface area (Å²) >= 11 is 1.55. The van der Waals surface area contributed by atoms with Crippen molar-refractivity contribution in [2.24, 2.45) is 0 Å². The number of carbonyl (C=O) groups excluding carboxylic acids is 1. The largest absolute Gasteiger partial charge is 0.508 e. The van der Waals surface area contributed by atoms with Crippen LogP contribution in [-0.2, 0) is 11.3 Å². The standard InChI is InChI=1S/C16H21N5O2S/c1-21(2)16-18-10(9-24-16)8-17-15(23)13-7-12(19-20-13)11-5-3-4-6-14(11)22/h3-6,9,12-13,19-20,22H,7-8H2,1-2H3,(H,17,23). The van der Waals surface area contributed by atoms with Crippen molar-refractivity contribution in [1.82, 2.24) is 21.2 Å². The van der Waals surface area contributed by atoms with Crippen molar-refractivity contribution < 1.29 is 9.90 Å². The summed E-state index contributed by atoms with van der Waals surface area (Å²) in [5.41, 5.74) is 7.70. The smallest absolute Gasteiger partial charge is 0.238 e. The van der Waals surface area contributed by atoms with Gasteiger partial charge in [-0.1, -0.05) is 18.2 Å². The molecule has 1 aliphatic rings. The highest BCUT2D eigenvalue weighted by Crippen LogP contribution is 2.29. The third-order valence-corrected chi connectivity index (χ3v) is 4.95. The number of phenols is 1. The van der Waals surface area contributed by atoms with Gasteiger partial charge in [0.15, 0.2) is 5.13 Å². The number of aromatic hydroxyl groups is 1. The third-order valence-electron chi connectivity index (χ3n) is 3.90. The Labute approximate surface area is 144 Å². The first-order valence-corrected chi connectivity index (χ1v) is 8.61. The van der Waals surface area contributed by atoms with Gasteiger partial charge in [0.05, 0.1) is 18.3 Å². The van der Waals surface area contributed by atoms with Crippen LogP contribution in [0.1, 0.15) is 23.7 Å². The topological polar surface area (TPSA) is 89.5 Å². The molecule has 1 amide bonds. The minimum atomic E-state index is -0.346. The van der Waals surface area contributed by atoms with Crippen molar-refractivity contribution in [1.29, 1.82) is 0 Å². The minimum absolute atomic E-state index is 0.0835. The van der Waals surface area contributed by atoms with Crippen molar-refractivity contribution >= 4 is 22.4 Å². The van der Waals surface area contributed by atoms with Gasteiger partial charge in [-0.15, -0.1) is 11.3 Å². The van der Waals surface area contributed by atoms with Gasteiger partial charge in [-0.05, 0) is 12.5 Å². The van der Waals surface area contributed by atoms with E-state index < -0.39 is 0 Å². The van der Waals surface area contributed by atoms with Gasteiger partial charge >= 0.3 is 0 Å². The highest BCUT2D eigenvalue weighted by molar-refractivity contribution is 7.13. The zero-order valence-corrected chi connectivity index (χ0v) is 14.4. The molecule has 2 heterocycles. The van der Waals surface area contributed by atoms with E-state index in [4.69, 9.17) is 0 Å². The molecule has 3 rings (SSSR count). The summed E-state index contributed by atoms with van der Waals surface area (Å²) < 4.78 is 0. The number of amides is 1. The summed E-state index contributed by atoms with van der Waals surface area (Å²) in [7, 11) is 3.88. The second kappa shape index (κ2) is 7.16. The Bertz CT molecular complexity index is 718. The predicted molar refractivity (Wildman–Crippen MR) is 93.8 cm³/mol. The summed E-state index contributed by atoms with van der Waals surface area (Å²) in [4.78, 5) is 18.7. The number of benzene rings is 1. The predicted octanol–water partition coefficient (Wildman–Crippen LogP) is 1.14. The molecule has 24 heavy (non-hydrogen) atoms. The van der Waals surface area contributed by atoms with E-state index >= 15 is 0 Å². The number of hydrogen-bond donors (Lipinski definition) is 4. The van der Waals surface area contributed by atoms with E-state index in [1.165, 1.54) is 0 Å². The number of rotatable bonds is 5. The van der Waals surface area contributed by atoms with Crippen LogP contribution < -0.4 is 21.1 Å². The molecule has 128 valence electrons. The molecule has 8 heteroatoms. The Morgan fingerprint density at radius 2 is 2.21 bits per heavy atom. The average Bonchev–Trinajstić information content (AvgIpc) is 3.22. The monoisotopic (exact) mass is 347 g/mol. The Hall–Kier alpha value is -2.16. The van der Waals surface area contributed by atoms with Gasteiger partial charge < -0.3 is 15.3 Å². The van der Waals surface area contributed by atoms with Crippen molar-refractivity contribution in [2.45, 2.75) is 25.0 Å². The van der Waals surface area contributed by atoms with Gasteiger partial charge in [-0.3, -0.25) is 4.79 Å². The lowest BCUT2D eigenvalue weighted by molar-refractivity contribution is -0.123. The number of nitrogens with zero attached hydrogens (tertiary/aromatic N) is 2. The number of para-hydroxylation sites is 1. The fourth-order valence-electron chi connectivity index (χ4n) is 2.60. The number of hydrogen-bond acceptors (Lipinski definition) is 7. The van der Waals surface area contributed by atoms with Crippen LogP contribution in [0.5, 0.6) is 5.75 Å². The second-order valence-corrected chi connectivity index (χ2v) is 6.76. The number of carbonyl (C=O) groups is 1. The summed E-state index contributed by atoms with van der Waals surface area (Å²) in [5, 5.41) is 15.7. The van der Waals surface area contributed by atoms with Gasteiger partial charge in [0.2, 0.25) is 5.91 Å². The van der Waals surface area contributed by atoms with Crippen molar-refractivity contribution in [3.05, 3.63) is 40.9 Å². The fourth-order valence-corrected chi connectivity index (χ4v) is 3.36. The molecule has 2 atom stereocenters. The van der Waals surface area contributed by atoms with Crippen molar-refractivity contribution in [3.8, 4) is 5.75 Å². The molecule has 7 nitrogen and oxygen atoms in total. The molecule has 0 radical (unpaired) electrons. The normalized spacial score (nSPS) is 20.1. The van der Waals surface area contributed by atoms with Crippen LogP contribution in [0.4, 0.5) is 5.13 Å². The maximum absolute atomic E-state index is 12.3. The van der Waals surface area contributed by atoms with Gasteiger partial charge in [0.25, 0.3) is 0 Å². The zero-order chi connectivity index (χ0) is 17.1. The minimum Gasteiger partial charge on any atom is -0.508 e. The number of aromatic nitrogens is 1. The zero-order valence-electron chi connectivity index (χ0n) is 13.6. The van der Waals surface area contributed by atoms with Crippen LogP contribution >= 0.6 is 11.3 Å². The van der Waals surface area contributed by atoms with Gasteiger partial charge in [0.1, 0.15) is 11.8 Å². The SMILES string of the molecule is CN(C)c1nc(CNC(=O)C2CC(c3ccccc3O)NN2)cs1. The summed E-state index contributed by atoms with van der Waals surface area (Å²) in [6.07, 6.45) is 0.573. The van der Waals surface area contributed by atoms with E-state index in [0.29, 0.717) is 13.0 Å². The molecule has 0 spiro atoms. The third kappa shape index (κ3) is 3.66. The number of anilines is 1. The fraction of sp³-hybridized carbons (Fsp3) is 0.375. The van der Waals surface area contributed by atoms with E-state index in [1.807, 2.05) is 36.5 Å². The Morgan fingerprint density at radius 3 is 2.92 bits per heavy atom. The summed E-state index contributed by atoms with van der Waals surface area (Å²) in [6.45, 7) is 0.405. The molecule has 1 aromatic carbocycles. The number of hydrazine groups is 1. The van der Waals surface area contributed by atoms with Gasteiger partial charge in [-0.25, -0.2) is 15.8 Å². The molecule has 1 aliphatic heterocycles. The van der Waals surface area contributed by atoms with E-state index in [2.05, 4.69) is 21.2 Å². The van der Waals surface area contributed by atoms with E-state index in [9.17, 15) is 9.90 Å². The van der Waals surface area contributed by atoms with Crippen LogP contribution in [-0.4, -0.2) is 36.1 Å². The maximum Gasteiger partial charge on any atom is 0.238 e. The molecule has 1 aromatic heterocycles. The van der Waals surface area contributed by atoms with Gasteiger partial charge in [-0.2, -0.15) is 0 Å². The van der Waals surface area contributed by atoms with Gasteiger partial charge in [0, 0.05) is 25.0 Å². The van der Waals surface area contributed by atoms with E-state index in [1.54, 1.807) is 23.5 Å². The average molecular weight is 347 g/mol. The van der Waals surface area contributed by atoms with Crippen LogP contribution in [0.15, 0.2) is 29.6 Å². The maximum atomic E-state index is 12.3. The molecule has 4 N–H and O–H groups in total. The van der Waals surface area contributed by atoms with Crippen LogP contribution in [0.25, 0.3) is 0 Å². The molecule has 1 fully saturated rings. The highest BCUT2D eigenvalue weighted by Gasteiger charge is 2.31. The van der Waals surface area contributed by atoms with Crippen LogP contribution in [0.2, 0.25) is 0 Å². The number of phenolic OH excluding ortho intramolecular Hbond substituents is 1. The Balaban J connectivity index is 1.54. The van der Waals surface area contributed by atoms with Crippen molar-refractivity contribution in [3.63, 3.8) is 0 Å². The highest BCUT2D eigenvalue weighted by atomic mass is 32.1. The lowest BCUT2D eigenvalue weighted by Gasteiger charge is -2.11. The molecule has 2 aromatic rings. The van der Waals surface area contributed by atoms with Crippen LogP contribution in [0, 0.1) is 0 Å². The molecule has 0 bridgehead atoms.